The molecule has 2 amide bonds. The zero-order chi connectivity index (χ0) is 13.7. The molecule has 2 aliphatic rings. The molecular weight excluding hydrogens is 250 g/mol. The second-order valence-electron chi connectivity index (χ2n) is 4.84. The van der Waals surface area contributed by atoms with Crippen LogP contribution in [0.3, 0.4) is 0 Å². The van der Waals surface area contributed by atoms with Crippen molar-refractivity contribution >= 4 is 17.8 Å². The Morgan fingerprint density at radius 2 is 1.63 bits per heavy atom. The van der Waals surface area contributed by atoms with E-state index in [4.69, 9.17) is 10.2 Å². The number of nitrogens with zero attached hydrogens (tertiary/aromatic N) is 1. The Kier molecular flexibility index (Phi) is 2.35. The number of carboxylic acid groups (broad SMARTS) is 1. The van der Waals surface area contributed by atoms with Crippen LogP contribution in [0.15, 0.2) is 24.3 Å². The normalized spacial score (nSPS) is 28.4. The Labute approximate surface area is 108 Å². The Balaban J connectivity index is 1.75. The van der Waals surface area contributed by atoms with Crippen molar-refractivity contribution in [2.45, 2.75) is 6.54 Å². The predicted octanol–water partition coefficient (Wildman–Crippen LogP) is 0.208. The molecule has 2 N–H and O–H groups in total. The molecular formula is C13H11NO5. The summed E-state index contributed by atoms with van der Waals surface area (Å²) < 4.78 is 0. The lowest BCUT2D eigenvalue weighted by Gasteiger charge is -2.17. The highest BCUT2D eigenvalue weighted by atomic mass is 16.4. The van der Waals surface area contributed by atoms with Crippen molar-refractivity contribution in [1.82, 2.24) is 4.90 Å². The summed E-state index contributed by atoms with van der Waals surface area (Å²) in [5, 5.41) is 18.0. The molecule has 2 unspecified atom stereocenters. The van der Waals surface area contributed by atoms with Gasteiger partial charge in [-0.3, -0.25) is 19.3 Å². The van der Waals surface area contributed by atoms with Gasteiger partial charge in [0.05, 0.1) is 24.3 Å². The fourth-order valence-electron chi connectivity index (χ4n) is 2.64. The maximum absolute atomic E-state index is 11.9. The monoisotopic (exact) mass is 261 g/mol. The number of piperidine rings is 1. The number of carbonyl (C=O) groups is 3. The summed E-state index contributed by atoms with van der Waals surface area (Å²) in [6, 6.07) is 6.19. The third kappa shape index (κ3) is 1.68. The predicted molar refractivity (Wildman–Crippen MR) is 61.8 cm³/mol. The van der Waals surface area contributed by atoms with Crippen molar-refractivity contribution < 1.29 is 24.6 Å². The van der Waals surface area contributed by atoms with Gasteiger partial charge in [-0.2, -0.15) is 0 Å². The number of phenols is 1. The molecule has 6 nitrogen and oxygen atoms in total. The number of rotatable bonds is 3. The fraction of sp³-hybridized carbons (Fsp3) is 0.308. The average Bonchev–Trinajstić information content (AvgIpc) is 3.06. The Morgan fingerprint density at radius 1 is 1.11 bits per heavy atom. The van der Waals surface area contributed by atoms with Crippen LogP contribution in [-0.4, -0.2) is 32.9 Å². The Hall–Kier alpha value is -2.37. The van der Waals surface area contributed by atoms with E-state index in [9.17, 15) is 14.4 Å². The van der Waals surface area contributed by atoms with Gasteiger partial charge in [-0.15, -0.1) is 0 Å². The van der Waals surface area contributed by atoms with Crippen molar-refractivity contribution in [2.75, 3.05) is 0 Å². The van der Waals surface area contributed by atoms with E-state index in [0.29, 0.717) is 5.56 Å². The molecule has 6 heteroatoms. The molecule has 1 aliphatic heterocycles. The molecule has 1 saturated carbocycles. The SMILES string of the molecule is O=C(O)C1C2C(=O)N(Cc3ccc(O)cc3)C(=O)C12. The number of carbonyl (C=O) groups excluding carboxylic acids is 2. The van der Waals surface area contributed by atoms with Crippen LogP contribution < -0.4 is 0 Å². The summed E-state index contributed by atoms with van der Waals surface area (Å²) in [5.74, 6) is -3.98. The molecule has 0 bridgehead atoms. The van der Waals surface area contributed by atoms with Crippen LogP contribution >= 0.6 is 0 Å². The zero-order valence-electron chi connectivity index (χ0n) is 9.81. The smallest absolute Gasteiger partial charge is 0.308 e. The van der Waals surface area contributed by atoms with Crippen LogP contribution in [0.4, 0.5) is 0 Å². The summed E-state index contributed by atoms with van der Waals surface area (Å²) >= 11 is 0. The number of phenolic OH excluding ortho intramolecular Hbond substituents is 1. The van der Waals surface area contributed by atoms with Gasteiger partial charge in [0.2, 0.25) is 11.8 Å². The lowest BCUT2D eigenvalue weighted by atomic mass is 10.2. The molecule has 0 aromatic heterocycles. The maximum atomic E-state index is 11.9. The molecule has 1 heterocycles. The molecule has 2 atom stereocenters. The third-order valence-corrected chi connectivity index (χ3v) is 3.68. The molecule has 19 heavy (non-hydrogen) atoms. The summed E-state index contributed by atoms with van der Waals surface area (Å²) in [6.07, 6.45) is 0. The Morgan fingerprint density at radius 3 is 2.11 bits per heavy atom. The van der Waals surface area contributed by atoms with Crippen molar-refractivity contribution in [3.63, 3.8) is 0 Å². The minimum Gasteiger partial charge on any atom is -0.508 e. The van der Waals surface area contributed by atoms with E-state index in [1.807, 2.05) is 0 Å². The number of hydrogen-bond acceptors (Lipinski definition) is 4. The molecule has 0 radical (unpaired) electrons. The molecule has 98 valence electrons. The first-order chi connectivity index (χ1) is 9.00. The number of likely N-dealkylation sites (tertiary alicyclic amines) is 1. The summed E-state index contributed by atoms with van der Waals surface area (Å²) in [7, 11) is 0. The Bertz CT molecular complexity index is 557. The van der Waals surface area contributed by atoms with Gasteiger partial charge in [0.1, 0.15) is 5.75 Å². The summed E-state index contributed by atoms with van der Waals surface area (Å²) in [5.41, 5.74) is 0.715. The van der Waals surface area contributed by atoms with Crippen molar-refractivity contribution in [2.24, 2.45) is 17.8 Å². The highest BCUT2D eigenvalue weighted by Gasteiger charge is 2.70. The number of amides is 2. The highest BCUT2D eigenvalue weighted by Crippen LogP contribution is 2.53. The van der Waals surface area contributed by atoms with Gasteiger partial charge < -0.3 is 10.2 Å². The van der Waals surface area contributed by atoms with E-state index in [-0.39, 0.29) is 12.3 Å². The molecule has 2 fully saturated rings. The highest BCUT2D eigenvalue weighted by molar-refractivity contribution is 6.13. The van der Waals surface area contributed by atoms with Crippen LogP contribution in [0.2, 0.25) is 0 Å². The molecule has 1 aromatic carbocycles. The first-order valence-corrected chi connectivity index (χ1v) is 5.86. The van der Waals surface area contributed by atoms with Crippen molar-refractivity contribution in [1.29, 1.82) is 0 Å². The van der Waals surface area contributed by atoms with E-state index in [2.05, 4.69) is 0 Å². The molecule has 3 rings (SSSR count). The third-order valence-electron chi connectivity index (χ3n) is 3.68. The standard InChI is InChI=1S/C13H11NO5/c15-7-3-1-6(2-4-7)5-14-11(16)8-9(12(14)17)10(8)13(18)19/h1-4,8-10,15H,5H2,(H,18,19). The topological polar surface area (TPSA) is 94.9 Å². The van der Waals surface area contributed by atoms with E-state index < -0.39 is 35.5 Å². The first-order valence-electron chi connectivity index (χ1n) is 5.86. The van der Waals surface area contributed by atoms with Gasteiger partial charge in [-0.05, 0) is 17.7 Å². The van der Waals surface area contributed by atoms with Crippen LogP contribution in [-0.2, 0) is 20.9 Å². The van der Waals surface area contributed by atoms with Gasteiger partial charge in [-0.25, -0.2) is 0 Å². The van der Waals surface area contributed by atoms with E-state index in [0.717, 1.165) is 4.90 Å². The van der Waals surface area contributed by atoms with Crippen molar-refractivity contribution in [3.05, 3.63) is 29.8 Å². The second kappa shape index (κ2) is 3.81. The minimum absolute atomic E-state index is 0.108. The number of imide groups is 1. The van der Waals surface area contributed by atoms with Crippen LogP contribution in [0.25, 0.3) is 0 Å². The van der Waals surface area contributed by atoms with Crippen LogP contribution in [0, 0.1) is 17.8 Å². The number of benzene rings is 1. The van der Waals surface area contributed by atoms with Gasteiger partial charge in [0.25, 0.3) is 0 Å². The summed E-state index contributed by atoms with van der Waals surface area (Å²) in [6.45, 7) is 0.122. The lowest BCUT2D eigenvalue weighted by Crippen LogP contribution is -2.35. The zero-order valence-corrected chi connectivity index (χ0v) is 9.81. The number of fused-ring (bicyclic) bond motifs is 1. The average molecular weight is 261 g/mol. The second-order valence-corrected chi connectivity index (χ2v) is 4.84. The number of aromatic hydroxyl groups is 1. The van der Waals surface area contributed by atoms with E-state index >= 15 is 0 Å². The largest absolute Gasteiger partial charge is 0.508 e. The number of hydrogen-bond donors (Lipinski definition) is 2. The fourth-order valence-corrected chi connectivity index (χ4v) is 2.64. The number of carboxylic acids is 1. The van der Waals surface area contributed by atoms with Gasteiger partial charge in [0, 0.05) is 0 Å². The first kappa shape index (κ1) is 11.7. The van der Waals surface area contributed by atoms with Gasteiger partial charge >= 0.3 is 5.97 Å². The van der Waals surface area contributed by atoms with Crippen molar-refractivity contribution in [3.8, 4) is 5.75 Å². The number of aliphatic carboxylic acids is 1. The maximum Gasteiger partial charge on any atom is 0.308 e. The molecule has 0 spiro atoms. The molecule has 1 saturated heterocycles. The van der Waals surface area contributed by atoms with Crippen LogP contribution in [0.1, 0.15) is 5.56 Å². The quantitative estimate of drug-likeness (QED) is 0.758. The van der Waals surface area contributed by atoms with Gasteiger partial charge in [0.15, 0.2) is 0 Å². The minimum atomic E-state index is -1.08. The van der Waals surface area contributed by atoms with E-state index in [1.165, 1.54) is 12.1 Å². The lowest BCUT2D eigenvalue weighted by molar-refractivity contribution is -0.149. The van der Waals surface area contributed by atoms with E-state index in [1.54, 1.807) is 12.1 Å². The molecule has 1 aliphatic carbocycles. The summed E-state index contributed by atoms with van der Waals surface area (Å²) in [4.78, 5) is 35.8. The van der Waals surface area contributed by atoms with Crippen LogP contribution in [0.5, 0.6) is 5.75 Å². The molecule has 1 aromatic rings. The van der Waals surface area contributed by atoms with Gasteiger partial charge in [-0.1, -0.05) is 12.1 Å².